The normalized spacial score (nSPS) is 22.9. The second-order valence-corrected chi connectivity index (χ2v) is 5.93. The zero-order chi connectivity index (χ0) is 14.5. The Labute approximate surface area is 116 Å². The van der Waals surface area contributed by atoms with Crippen molar-refractivity contribution in [2.24, 2.45) is 0 Å². The van der Waals surface area contributed by atoms with Crippen molar-refractivity contribution in [1.29, 1.82) is 0 Å². The van der Waals surface area contributed by atoms with E-state index in [4.69, 9.17) is 14.0 Å². The maximum atomic E-state index is 10.2. The maximum Gasteiger partial charge on any atom is 0.486 e. The van der Waals surface area contributed by atoms with E-state index in [1.807, 2.05) is 46.7 Å². The van der Waals surface area contributed by atoms with Crippen molar-refractivity contribution in [3.8, 4) is 0 Å². The number of ether oxygens (including phenoxy) is 1. The Morgan fingerprint density at radius 2 is 1.79 bits per heavy atom. The zero-order valence-electron chi connectivity index (χ0n) is 12.6. The van der Waals surface area contributed by atoms with Gasteiger partial charge in [0.1, 0.15) is 6.29 Å². The Balaban J connectivity index is 2.33. The molecule has 4 nitrogen and oxygen atoms in total. The molecule has 0 amide bonds. The molecule has 1 rings (SSSR count). The van der Waals surface area contributed by atoms with Crippen LogP contribution in [0.3, 0.4) is 0 Å². The predicted molar refractivity (Wildman–Crippen MR) is 75.9 cm³/mol. The third kappa shape index (κ3) is 4.75. The molecule has 0 N–H and O–H groups in total. The van der Waals surface area contributed by atoms with Gasteiger partial charge in [-0.15, -0.1) is 0 Å². The van der Waals surface area contributed by atoms with Gasteiger partial charge < -0.3 is 18.8 Å². The van der Waals surface area contributed by atoms with Crippen LogP contribution in [0.5, 0.6) is 0 Å². The van der Waals surface area contributed by atoms with Crippen molar-refractivity contribution in [2.45, 2.75) is 64.8 Å². The molecule has 5 heteroatoms. The van der Waals surface area contributed by atoms with E-state index in [9.17, 15) is 4.79 Å². The van der Waals surface area contributed by atoms with Crippen LogP contribution in [0, 0.1) is 0 Å². The minimum Gasteiger partial charge on any atom is -0.400 e. The number of carbonyl (C=O) groups is 1. The first-order chi connectivity index (χ1) is 8.78. The van der Waals surface area contributed by atoms with E-state index in [2.05, 4.69) is 0 Å². The fourth-order valence-corrected chi connectivity index (χ4v) is 1.73. The molecule has 1 atom stereocenters. The van der Waals surface area contributed by atoms with Crippen LogP contribution in [0.2, 0.25) is 0 Å². The van der Waals surface area contributed by atoms with Crippen LogP contribution in [0.1, 0.15) is 47.5 Å². The molecule has 0 radical (unpaired) electrons. The van der Waals surface area contributed by atoms with Crippen LogP contribution in [0.4, 0.5) is 0 Å². The number of rotatable bonds is 7. The van der Waals surface area contributed by atoms with Crippen molar-refractivity contribution in [3.63, 3.8) is 0 Å². The number of hydrogen-bond donors (Lipinski definition) is 0. The highest BCUT2D eigenvalue weighted by atomic mass is 16.7. The van der Waals surface area contributed by atoms with Gasteiger partial charge in [-0.25, -0.2) is 0 Å². The summed E-state index contributed by atoms with van der Waals surface area (Å²) in [6.07, 6.45) is 4.20. The molecule has 0 aromatic rings. The first kappa shape index (κ1) is 16.4. The van der Waals surface area contributed by atoms with Crippen LogP contribution < -0.4 is 0 Å². The van der Waals surface area contributed by atoms with Gasteiger partial charge in [-0.3, -0.25) is 0 Å². The smallest absolute Gasteiger partial charge is 0.400 e. The summed E-state index contributed by atoms with van der Waals surface area (Å²) in [6, 6.07) is 0. The fourth-order valence-electron chi connectivity index (χ4n) is 1.73. The standard InChI is InChI=1S/C14H25BO4/c1-12(17-11-7-10-16)8-6-9-15-18-13(2,3)14(4,5)19-15/h6,9-10,12H,7-8,11H2,1-5H3/b9-6+. The van der Waals surface area contributed by atoms with E-state index in [0.29, 0.717) is 13.0 Å². The number of hydrogen-bond acceptors (Lipinski definition) is 4. The van der Waals surface area contributed by atoms with Crippen LogP contribution in [0.25, 0.3) is 0 Å². The average Bonchev–Trinajstić information content (AvgIpc) is 2.47. The summed E-state index contributed by atoms with van der Waals surface area (Å²) in [4.78, 5) is 10.2. The topological polar surface area (TPSA) is 44.8 Å². The van der Waals surface area contributed by atoms with Gasteiger partial charge in [-0.05, 0) is 41.0 Å². The minimum atomic E-state index is -0.299. The van der Waals surface area contributed by atoms with E-state index >= 15 is 0 Å². The first-order valence-corrected chi connectivity index (χ1v) is 6.86. The summed E-state index contributed by atoms with van der Waals surface area (Å²) in [5.74, 6) is 1.93. The lowest BCUT2D eigenvalue weighted by molar-refractivity contribution is -0.109. The molecule has 1 aliphatic heterocycles. The first-order valence-electron chi connectivity index (χ1n) is 6.86. The van der Waals surface area contributed by atoms with Gasteiger partial charge in [-0.1, -0.05) is 12.1 Å². The molecular formula is C14H25BO4. The predicted octanol–water partition coefficient (Wildman–Crippen LogP) is 2.56. The van der Waals surface area contributed by atoms with Crippen LogP contribution in [-0.2, 0) is 18.8 Å². The minimum absolute atomic E-state index is 0.0959. The largest absolute Gasteiger partial charge is 0.486 e. The number of carbonyl (C=O) groups excluding carboxylic acids is 1. The van der Waals surface area contributed by atoms with Gasteiger partial charge in [0.25, 0.3) is 0 Å². The van der Waals surface area contributed by atoms with Gasteiger partial charge in [0.2, 0.25) is 0 Å². The van der Waals surface area contributed by atoms with E-state index in [1.165, 1.54) is 0 Å². The quantitative estimate of drug-likeness (QED) is 0.404. The molecule has 108 valence electrons. The third-order valence-electron chi connectivity index (χ3n) is 3.67. The molecule has 0 bridgehead atoms. The Kier molecular flexibility index (Phi) is 5.77. The van der Waals surface area contributed by atoms with Gasteiger partial charge >= 0.3 is 7.12 Å². The highest BCUT2D eigenvalue weighted by molar-refractivity contribution is 6.51. The summed E-state index contributed by atoms with van der Waals surface area (Å²) in [7, 11) is -0.299. The van der Waals surface area contributed by atoms with Crippen LogP contribution >= 0.6 is 0 Å². The van der Waals surface area contributed by atoms with Crippen molar-refractivity contribution >= 4 is 13.4 Å². The lowest BCUT2D eigenvalue weighted by atomic mass is 9.89. The fraction of sp³-hybridized carbons (Fsp3) is 0.786. The molecule has 0 aromatic carbocycles. The van der Waals surface area contributed by atoms with Crippen molar-refractivity contribution in [3.05, 3.63) is 12.1 Å². The Bertz CT molecular complexity index is 309. The Hall–Kier alpha value is -0.645. The zero-order valence-corrected chi connectivity index (χ0v) is 12.6. The number of aldehydes is 1. The second-order valence-electron chi connectivity index (χ2n) is 5.93. The van der Waals surface area contributed by atoms with E-state index < -0.39 is 0 Å². The summed E-state index contributed by atoms with van der Waals surface area (Å²) >= 11 is 0. The van der Waals surface area contributed by atoms with Gasteiger partial charge in [0.05, 0.1) is 23.9 Å². The molecule has 1 aliphatic rings. The molecule has 0 aliphatic carbocycles. The lowest BCUT2D eigenvalue weighted by Crippen LogP contribution is -2.41. The molecule has 1 unspecified atom stereocenters. The summed E-state index contributed by atoms with van der Waals surface area (Å²) in [5, 5.41) is 0. The van der Waals surface area contributed by atoms with E-state index in [0.717, 1.165) is 12.7 Å². The van der Waals surface area contributed by atoms with Gasteiger partial charge in [-0.2, -0.15) is 0 Å². The van der Waals surface area contributed by atoms with Crippen molar-refractivity contribution in [1.82, 2.24) is 0 Å². The SMILES string of the molecule is CC(C/C=C/B1OC(C)(C)C(C)(C)O1)OCCC=O. The highest BCUT2D eigenvalue weighted by Gasteiger charge is 2.49. The van der Waals surface area contributed by atoms with E-state index in [1.54, 1.807) is 0 Å². The molecule has 0 saturated carbocycles. The lowest BCUT2D eigenvalue weighted by Gasteiger charge is -2.32. The highest BCUT2D eigenvalue weighted by Crippen LogP contribution is 2.36. The summed E-state index contributed by atoms with van der Waals surface area (Å²) in [5.41, 5.74) is -0.595. The Morgan fingerprint density at radius 3 is 2.32 bits per heavy atom. The molecule has 0 aromatic heterocycles. The van der Waals surface area contributed by atoms with Crippen LogP contribution in [-0.4, -0.2) is 37.3 Å². The second kappa shape index (κ2) is 6.68. The van der Waals surface area contributed by atoms with Crippen molar-refractivity contribution in [2.75, 3.05) is 6.61 Å². The van der Waals surface area contributed by atoms with E-state index in [-0.39, 0.29) is 24.4 Å². The third-order valence-corrected chi connectivity index (χ3v) is 3.67. The molecule has 1 heterocycles. The maximum absolute atomic E-state index is 10.2. The summed E-state index contributed by atoms with van der Waals surface area (Å²) in [6.45, 7) is 10.6. The van der Waals surface area contributed by atoms with Crippen molar-refractivity contribution < 1.29 is 18.8 Å². The van der Waals surface area contributed by atoms with Gasteiger partial charge in [0, 0.05) is 6.42 Å². The monoisotopic (exact) mass is 268 g/mol. The van der Waals surface area contributed by atoms with Gasteiger partial charge in [0.15, 0.2) is 0 Å². The molecular weight excluding hydrogens is 243 g/mol. The molecule has 19 heavy (non-hydrogen) atoms. The molecule has 0 spiro atoms. The Morgan fingerprint density at radius 1 is 1.21 bits per heavy atom. The molecule has 1 fully saturated rings. The average molecular weight is 268 g/mol. The molecule has 1 saturated heterocycles. The summed E-state index contributed by atoms with van der Waals surface area (Å²) < 4.78 is 17.2. The van der Waals surface area contributed by atoms with Crippen LogP contribution in [0.15, 0.2) is 12.1 Å².